The molecule has 72 valence electrons. The number of rotatable bonds is 1. The van der Waals surface area contributed by atoms with Gasteiger partial charge in [-0.25, -0.2) is 0 Å². The number of benzene rings is 1. The van der Waals surface area contributed by atoms with Crippen molar-refractivity contribution >= 4 is 11.9 Å². The van der Waals surface area contributed by atoms with Crippen LogP contribution in [-0.4, -0.2) is 11.9 Å². The number of hydrogen-bond donors (Lipinski definition) is 0. The molecule has 1 aromatic carbocycles. The first-order valence-corrected chi connectivity index (χ1v) is 4.54. The van der Waals surface area contributed by atoms with Gasteiger partial charge in [0.05, 0.1) is 12.8 Å². The molecule has 0 aliphatic carbocycles. The Labute approximate surface area is 81.7 Å². The third-order valence-electron chi connectivity index (χ3n) is 2.32. The van der Waals surface area contributed by atoms with Crippen molar-refractivity contribution in [3.8, 4) is 0 Å². The maximum absolute atomic E-state index is 11.0. The zero-order chi connectivity index (χ0) is 9.97. The van der Waals surface area contributed by atoms with Crippen LogP contribution in [0.15, 0.2) is 30.3 Å². The highest BCUT2D eigenvalue weighted by Crippen LogP contribution is 2.27. The van der Waals surface area contributed by atoms with Crippen molar-refractivity contribution in [3.05, 3.63) is 35.9 Å². The quantitative estimate of drug-likeness (QED) is 0.499. The van der Waals surface area contributed by atoms with E-state index in [1.54, 1.807) is 0 Å². The molecule has 0 spiro atoms. The standard InChI is InChI=1S/C11H10O3/c12-10-6-9(7-11(13)14-10)8-4-2-1-3-5-8/h1-5,9H,6-7H2. The minimum absolute atomic E-state index is 0.00931. The lowest BCUT2D eigenvalue weighted by molar-refractivity contribution is -0.163. The molecule has 3 heteroatoms. The summed E-state index contributed by atoms with van der Waals surface area (Å²) in [6, 6.07) is 9.57. The molecule has 0 saturated carbocycles. The Kier molecular flexibility index (Phi) is 2.31. The van der Waals surface area contributed by atoms with E-state index in [9.17, 15) is 9.59 Å². The highest BCUT2D eigenvalue weighted by atomic mass is 16.6. The molecule has 0 amide bonds. The zero-order valence-electron chi connectivity index (χ0n) is 7.60. The summed E-state index contributed by atoms with van der Waals surface area (Å²) in [7, 11) is 0. The zero-order valence-corrected chi connectivity index (χ0v) is 7.60. The summed E-state index contributed by atoms with van der Waals surface area (Å²) < 4.78 is 4.46. The molecular formula is C11H10O3. The lowest BCUT2D eigenvalue weighted by Crippen LogP contribution is -2.24. The summed E-state index contributed by atoms with van der Waals surface area (Å²) in [6.45, 7) is 0. The van der Waals surface area contributed by atoms with Crippen LogP contribution in [0, 0.1) is 0 Å². The van der Waals surface area contributed by atoms with Gasteiger partial charge >= 0.3 is 11.9 Å². The maximum Gasteiger partial charge on any atom is 0.314 e. The van der Waals surface area contributed by atoms with Crippen molar-refractivity contribution in [2.75, 3.05) is 0 Å². The third kappa shape index (κ3) is 1.82. The first-order chi connectivity index (χ1) is 6.75. The highest BCUT2D eigenvalue weighted by Gasteiger charge is 2.27. The smallest absolute Gasteiger partial charge is 0.314 e. The van der Waals surface area contributed by atoms with Gasteiger partial charge in [-0.15, -0.1) is 0 Å². The van der Waals surface area contributed by atoms with Crippen LogP contribution in [0.2, 0.25) is 0 Å². The van der Waals surface area contributed by atoms with E-state index in [4.69, 9.17) is 0 Å². The molecule has 14 heavy (non-hydrogen) atoms. The van der Waals surface area contributed by atoms with E-state index in [1.165, 1.54) is 0 Å². The topological polar surface area (TPSA) is 43.4 Å². The molecule has 1 fully saturated rings. The predicted molar refractivity (Wildman–Crippen MR) is 49.5 cm³/mol. The molecule has 1 aromatic rings. The van der Waals surface area contributed by atoms with E-state index in [-0.39, 0.29) is 5.92 Å². The Hall–Kier alpha value is -1.64. The molecule has 0 radical (unpaired) electrons. The number of hydrogen-bond acceptors (Lipinski definition) is 3. The van der Waals surface area contributed by atoms with Gasteiger partial charge in [-0.2, -0.15) is 0 Å². The van der Waals surface area contributed by atoms with Gasteiger partial charge in [0.15, 0.2) is 0 Å². The molecule has 1 heterocycles. The maximum atomic E-state index is 11.0. The van der Waals surface area contributed by atoms with Crippen LogP contribution in [0.5, 0.6) is 0 Å². The summed E-state index contributed by atoms with van der Waals surface area (Å²) in [6.07, 6.45) is 0.603. The first kappa shape index (κ1) is 8.94. The summed E-state index contributed by atoms with van der Waals surface area (Å²) in [5.74, 6) is -0.852. The van der Waals surface area contributed by atoms with Crippen LogP contribution in [-0.2, 0) is 14.3 Å². The minimum Gasteiger partial charge on any atom is -0.393 e. The van der Waals surface area contributed by atoms with Gasteiger partial charge in [0.1, 0.15) is 0 Å². The Morgan fingerprint density at radius 2 is 1.57 bits per heavy atom. The summed E-state index contributed by atoms with van der Waals surface area (Å²) in [4.78, 5) is 22.0. The molecule has 0 unspecified atom stereocenters. The van der Waals surface area contributed by atoms with Gasteiger partial charge in [-0.3, -0.25) is 9.59 Å². The average molecular weight is 190 g/mol. The number of carbonyl (C=O) groups excluding carboxylic acids is 2. The minimum atomic E-state index is -0.421. The highest BCUT2D eigenvalue weighted by molar-refractivity contribution is 5.89. The molecule has 1 saturated heterocycles. The fourth-order valence-electron chi connectivity index (χ4n) is 1.65. The fraction of sp³-hybridized carbons (Fsp3) is 0.273. The molecule has 0 atom stereocenters. The fourth-order valence-corrected chi connectivity index (χ4v) is 1.65. The molecule has 1 aliphatic rings. The van der Waals surface area contributed by atoms with Gasteiger partial charge in [-0.05, 0) is 5.56 Å². The van der Waals surface area contributed by atoms with E-state index >= 15 is 0 Å². The second kappa shape index (κ2) is 3.62. The Morgan fingerprint density at radius 3 is 2.14 bits per heavy atom. The largest absolute Gasteiger partial charge is 0.393 e. The Balaban J connectivity index is 2.19. The molecule has 2 rings (SSSR count). The Morgan fingerprint density at radius 1 is 1.00 bits per heavy atom. The first-order valence-electron chi connectivity index (χ1n) is 4.54. The lowest BCUT2D eigenvalue weighted by Gasteiger charge is -2.19. The van der Waals surface area contributed by atoms with Crippen molar-refractivity contribution < 1.29 is 14.3 Å². The van der Waals surface area contributed by atoms with Crippen LogP contribution in [0.1, 0.15) is 24.3 Å². The van der Waals surface area contributed by atoms with Crippen LogP contribution >= 0.6 is 0 Å². The molecule has 3 nitrogen and oxygen atoms in total. The van der Waals surface area contributed by atoms with Gasteiger partial charge in [-0.1, -0.05) is 30.3 Å². The number of esters is 2. The van der Waals surface area contributed by atoms with Crippen LogP contribution in [0.25, 0.3) is 0 Å². The van der Waals surface area contributed by atoms with Gasteiger partial charge in [0, 0.05) is 5.92 Å². The summed E-state index contributed by atoms with van der Waals surface area (Å²) in [5.41, 5.74) is 1.03. The molecule has 0 bridgehead atoms. The van der Waals surface area contributed by atoms with Crippen LogP contribution < -0.4 is 0 Å². The number of carbonyl (C=O) groups is 2. The summed E-state index contributed by atoms with van der Waals surface area (Å²) in [5, 5.41) is 0. The second-order valence-corrected chi connectivity index (χ2v) is 3.36. The van der Waals surface area contributed by atoms with Gasteiger partial charge < -0.3 is 4.74 Å². The third-order valence-corrected chi connectivity index (χ3v) is 2.32. The van der Waals surface area contributed by atoms with E-state index < -0.39 is 11.9 Å². The van der Waals surface area contributed by atoms with Crippen molar-refractivity contribution in [1.82, 2.24) is 0 Å². The second-order valence-electron chi connectivity index (χ2n) is 3.36. The average Bonchev–Trinajstić information content (AvgIpc) is 2.18. The van der Waals surface area contributed by atoms with E-state index in [0.717, 1.165) is 5.56 Å². The van der Waals surface area contributed by atoms with Crippen molar-refractivity contribution in [2.24, 2.45) is 0 Å². The van der Waals surface area contributed by atoms with Crippen molar-refractivity contribution in [3.63, 3.8) is 0 Å². The number of cyclic esters (lactones) is 2. The van der Waals surface area contributed by atoms with Crippen molar-refractivity contribution in [2.45, 2.75) is 18.8 Å². The summed E-state index contributed by atoms with van der Waals surface area (Å²) >= 11 is 0. The van der Waals surface area contributed by atoms with Crippen LogP contribution in [0.4, 0.5) is 0 Å². The SMILES string of the molecule is O=C1CC(c2ccccc2)CC(=O)O1. The van der Waals surface area contributed by atoms with Gasteiger partial charge in [0.2, 0.25) is 0 Å². The molecular weight excluding hydrogens is 180 g/mol. The van der Waals surface area contributed by atoms with E-state index in [2.05, 4.69) is 4.74 Å². The predicted octanol–water partition coefficient (Wildman–Crippen LogP) is 1.63. The lowest BCUT2D eigenvalue weighted by atomic mass is 9.91. The molecule has 0 aromatic heterocycles. The van der Waals surface area contributed by atoms with Crippen molar-refractivity contribution in [1.29, 1.82) is 0 Å². The van der Waals surface area contributed by atoms with E-state index in [0.29, 0.717) is 12.8 Å². The molecule has 1 aliphatic heterocycles. The molecule has 0 N–H and O–H groups in total. The van der Waals surface area contributed by atoms with Crippen LogP contribution in [0.3, 0.4) is 0 Å². The number of ether oxygens (including phenoxy) is 1. The van der Waals surface area contributed by atoms with E-state index in [1.807, 2.05) is 30.3 Å². The van der Waals surface area contributed by atoms with Gasteiger partial charge in [0.25, 0.3) is 0 Å². The monoisotopic (exact) mass is 190 g/mol. The Bertz CT molecular complexity index is 340. The normalized spacial score (nSPS) is 18.0.